The molecule has 4 rings (SSSR count). The van der Waals surface area contributed by atoms with Crippen molar-refractivity contribution in [3.05, 3.63) is 95.3 Å². The van der Waals surface area contributed by atoms with Gasteiger partial charge in [0.05, 0.1) is 41.7 Å². The fourth-order valence-corrected chi connectivity index (χ4v) is 4.18. The molecule has 4 N–H and O–H groups in total. The number of nitrogens with zero attached hydrogens (tertiary/aromatic N) is 4. The van der Waals surface area contributed by atoms with Crippen molar-refractivity contribution in [3.63, 3.8) is 0 Å². The first-order chi connectivity index (χ1) is 18.4. The van der Waals surface area contributed by atoms with E-state index < -0.39 is 12.1 Å². The van der Waals surface area contributed by atoms with Crippen molar-refractivity contribution in [2.24, 2.45) is 0 Å². The lowest BCUT2D eigenvalue weighted by molar-refractivity contribution is -0.115. The fourth-order valence-electron chi connectivity index (χ4n) is 3.36. The minimum absolute atomic E-state index is 0.0923. The molecule has 0 fully saturated rings. The van der Waals surface area contributed by atoms with Crippen LogP contribution in [0.4, 0.5) is 31.8 Å². The standard InChI is InChI=1S/C26H21N7O4S/c27-14-17-5-7-19(8-6-17)29-24(35)32-22-4-2-1-3-21(22)31-23(34)13-20-16-38-25(30-20)33(26(36)37)15-18-9-11-28-12-10-18/h1-12,16H,13,15H2,(H,31,34)(H,36,37)(H2,29,32,35). The zero-order valence-corrected chi connectivity index (χ0v) is 20.6. The molecule has 190 valence electrons. The minimum Gasteiger partial charge on any atom is -0.465 e. The molecule has 0 saturated heterocycles. The Balaban J connectivity index is 1.37. The van der Waals surface area contributed by atoms with E-state index in [0.29, 0.717) is 28.3 Å². The van der Waals surface area contributed by atoms with Crippen LogP contribution in [-0.2, 0) is 17.8 Å². The average Bonchev–Trinajstić information content (AvgIpc) is 3.37. The van der Waals surface area contributed by atoms with Crippen molar-refractivity contribution in [1.29, 1.82) is 5.26 Å². The predicted molar refractivity (Wildman–Crippen MR) is 143 cm³/mol. The van der Waals surface area contributed by atoms with Gasteiger partial charge in [-0.2, -0.15) is 5.26 Å². The number of carbonyl (C=O) groups is 3. The zero-order valence-electron chi connectivity index (χ0n) is 19.8. The van der Waals surface area contributed by atoms with Crippen molar-refractivity contribution in [3.8, 4) is 6.07 Å². The summed E-state index contributed by atoms with van der Waals surface area (Å²) in [6.45, 7) is 0.0978. The molecule has 0 radical (unpaired) electrons. The molecular formula is C26H21N7O4S. The maximum atomic E-state index is 12.7. The van der Waals surface area contributed by atoms with Gasteiger partial charge in [0.15, 0.2) is 5.13 Å². The second kappa shape index (κ2) is 12.1. The highest BCUT2D eigenvalue weighted by Gasteiger charge is 2.20. The van der Waals surface area contributed by atoms with Gasteiger partial charge < -0.3 is 21.1 Å². The monoisotopic (exact) mass is 527 g/mol. The number of aromatic nitrogens is 2. The maximum absolute atomic E-state index is 12.7. The summed E-state index contributed by atoms with van der Waals surface area (Å²) in [5, 5.41) is 28.5. The maximum Gasteiger partial charge on any atom is 0.413 e. The van der Waals surface area contributed by atoms with Crippen LogP contribution >= 0.6 is 11.3 Å². The number of anilines is 4. The lowest BCUT2D eigenvalue weighted by Crippen LogP contribution is -2.28. The van der Waals surface area contributed by atoms with Crippen molar-refractivity contribution < 1.29 is 19.5 Å². The number of hydrogen-bond donors (Lipinski definition) is 4. The van der Waals surface area contributed by atoms with E-state index >= 15 is 0 Å². The molecule has 2 aromatic carbocycles. The number of pyridine rings is 1. The summed E-state index contributed by atoms with van der Waals surface area (Å²) < 4.78 is 0. The van der Waals surface area contributed by atoms with E-state index in [1.165, 1.54) is 0 Å². The third-order valence-electron chi connectivity index (χ3n) is 5.15. The van der Waals surface area contributed by atoms with Gasteiger partial charge in [0.1, 0.15) is 0 Å². The van der Waals surface area contributed by atoms with Crippen molar-refractivity contribution >= 4 is 51.6 Å². The highest BCUT2D eigenvalue weighted by atomic mass is 32.1. The van der Waals surface area contributed by atoms with Gasteiger partial charge >= 0.3 is 12.1 Å². The Hall–Kier alpha value is -5.28. The van der Waals surface area contributed by atoms with E-state index in [1.54, 1.807) is 78.4 Å². The van der Waals surface area contributed by atoms with E-state index in [0.717, 1.165) is 21.8 Å². The number of thiazole rings is 1. The van der Waals surface area contributed by atoms with Gasteiger partial charge in [-0.1, -0.05) is 12.1 Å². The van der Waals surface area contributed by atoms with E-state index in [4.69, 9.17) is 5.26 Å². The number of para-hydroxylation sites is 2. The molecule has 2 heterocycles. The quantitative estimate of drug-likeness (QED) is 0.253. The Bertz CT molecular complexity index is 1480. The molecule has 4 amide bonds. The van der Waals surface area contributed by atoms with E-state index in [9.17, 15) is 19.5 Å². The molecule has 0 saturated carbocycles. The molecular weight excluding hydrogens is 506 g/mol. The van der Waals surface area contributed by atoms with Gasteiger partial charge in [-0.15, -0.1) is 11.3 Å². The van der Waals surface area contributed by atoms with Crippen LogP contribution in [0.1, 0.15) is 16.8 Å². The zero-order chi connectivity index (χ0) is 26.9. The fraction of sp³-hybridized carbons (Fsp3) is 0.0769. The van der Waals surface area contributed by atoms with Crippen LogP contribution in [0.2, 0.25) is 0 Å². The molecule has 0 spiro atoms. The van der Waals surface area contributed by atoms with Gasteiger partial charge in [0.2, 0.25) is 5.91 Å². The smallest absolute Gasteiger partial charge is 0.413 e. The minimum atomic E-state index is -1.16. The van der Waals surface area contributed by atoms with Crippen LogP contribution in [0.3, 0.4) is 0 Å². The number of benzene rings is 2. The van der Waals surface area contributed by atoms with E-state index in [1.807, 2.05) is 6.07 Å². The Labute approximate surface area is 221 Å². The number of carboxylic acid groups (broad SMARTS) is 1. The van der Waals surface area contributed by atoms with E-state index in [-0.39, 0.29) is 24.0 Å². The molecule has 0 atom stereocenters. The number of amides is 4. The van der Waals surface area contributed by atoms with Crippen molar-refractivity contribution in [2.75, 3.05) is 20.9 Å². The third-order valence-corrected chi connectivity index (χ3v) is 6.07. The summed E-state index contributed by atoms with van der Waals surface area (Å²) in [7, 11) is 0. The first kappa shape index (κ1) is 25.8. The summed E-state index contributed by atoms with van der Waals surface area (Å²) in [5.74, 6) is -0.389. The van der Waals surface area contributed by atoms with Crippen LogP contribution in [0, 0.1) is 11.3 Å². The van der Waals surface area contributed by atoms with Gasteiger partial charge in [-0.25, -0.2) is 19.5 Å². The van der Waals surface area contributed by atoms with Crippen molar-refractivity contribution in [2.45, 2.75) is 13.0 Å². The molecule has 0 aliphatic heterocycles. The normalized spacial score (nSPS) is 10.2. The number of rotatable bonds is 8. The molecule has 11 nitrogen and oxygen atoms in total. The molecule has 12 heteroatoms. The number of nitrogens with one attached hydrogen (secondary N) is 3. The first-order valence-corrected chi connectivity index (χ1v) is 12.1. The molecule has 2 aromatic heterocycles. The van der Waals surface area contributed by atoms with Crippen LogP contribution in [0.25, 0.3) is 0 Å². The first-order valence-electron chi connectivity index (χ1n) is 11.2. The summed E-state index contributed by atoms with van der Waals surface area (Å²) in [5.41, 5.74) is 2.90. The summed E-state index contributed by atoms with van der Waals surface area (Å²) >= 11 is 1.12. The van der Waals surface area contributed by atoms with Crippen LogP contribution in [0.5, 0.6) is 0 Å². The SMILES string of the molecule is N#Cc1ccc(NC(=O)Nc2ccccc2NC(=O)Cc2csc(N(Cc3ccncc3)C(=O)O)n2)cc1. The Morgan fingerprint density at radius 1 is 0.947 bits per heavy atom. The summed E-state index contributed by atoms with van der Waals surface area (Å²) in [6.07, 6.45) is 1.91. The topological polar surface area (TPSA) is 160 Å². The Kier molecular flexibility index (Phi) is 8.22. The lowest BCUT2D eigenvalue weighted by Gasteiger charge is -2.15. The van der Waals surface area contributed by atoms with E-state index in [2.05, 4.69) is 25.9 Å². The number of hydrogen-bond acceptors (Lipinski definition) is 7. The molecule has 0 aliphatic carbocycles. The van der Waals surface area contributed by atoms with Crippen LogP contribution < -0.4 is 20.9 Å². The van der Waals surface area contributed by atoms with Gasteiger partial charge in [0.25, 0.3) is 0 Å². The third kappa shape index (κ3) is 6.90. The average molecular weight is 528 g/mol. The predicted octanol–water partition coefficient (Wildman–Crippen LogP) is 4.92. The Morgan fingerprint density at radius 2 is 1.63 bits per heavy atom. The largest absolute Gasteiger partial charge is 0.465 e. The highest BCUT2D eigenvalue weighted by molar-refractivity contribution is 7.14. The van der Waals surface area contributed by atoms with Gasteiger partial charge in [-0.05, 0) is 54.1 Å². The summed E-state index contributed by atoms with van der Waals surface area (Å²) in [6, 6.07) is 18.0. The van der Waals surface area contributed by atoms with Gasteiger partial charge in [0, 0.05) is 23.5 Å². The summed E-state index contributed by atoms with van der Waals surface area (Å²) in [4.78, 5) is 46.3. The number of carbonyl (C=O) groups excluding carboxylic acids is 2. The second-order valence-corrected chi connectivity index (χ2v) is 8.72. The second-order valence-electron chi connectivity index (χ2n) is 7.88. The molecule has 4 aromatic rings. The van der Waals surface area contributed by atoms with Crippen LogP contribution in [-0.4, -0.2) is 33.1 Å². The highest BCUT2D eigenvalue weighted by Crippen LogP contribution is 2.25. The molecule has 0 aliphatic rings. The van der Waals surface area contributed by atoms with Crippen molar-refractivity contribution in [1.82, 2.24) is 9.97 Å². The molecule has 0 bridgehead atoms. The molecule has 38 heavy (non-hydrogen) atoms. The van der Waals surface area contributed by atoms with Crippen LogP contribution in [0.15, 0.2) is 78.4 Å². The molecule has 0 unspecified atom stereocenters. The lowest BCUT2D eigenvalue weighted by atomic mass is 10.2. The van der Waals surface area contributed by atoms with Gasteiger partial charge in [-0.3, -0.25) is 9.78 Å². The Morgan fingerprint density at radius 3 is 2.29 bits per heavy atom. The number of nitriles is 1. The number of urea groups is 1.